The maximum Gasteiger partial charge on any atom is 0.262 e. The fraction of sp³-hybridized carbons (Fsp3) is 0.278. The van der Waals surface area contributed by atoms with E-state index in [1.54, 1.807) is 50.4 Å². The predicted octanol–water partition coefficient (Wildman–Crippen LogP) is 2.35. The van der Waals surface area contributed by atoms with Crippen molar-refractivity contribution in [3.05, 3.63) is 48.0 Å². The van der Waals surface area contributed by atoms with Gasteiger partial charge in [-0.25, -0.2) is 8.42 Å². The van der Waals surface area contributed by atoms with E-state index in [0.717, 1.165) is 0 Å². The first-order valence-electron chi connectivity index (χ1n) is 8.16. The Hall–Kier alpha value is -2.58. The lowest BCUT2D eigenvalue weighted by atomic mass is 10.2. The maximum atomic E-state index is 12.7. The Morgan fingerprint density at radius 3 is 2.35 bits per heavy atom. The van der Waals surface area contributed by atoms with Gasteiger partial charge in [0.25, 0.3) is 10.0 Å². The molecule has 0 radical (unpaired) electrons. The average molecular weight is 377 g/mol. The van der Waals surface area contributed by atoms with E-state index in [0.29, 0.717) is 29.3 Å². The first-order chi connectivity index (χ1) is 12.4. The molecule has 0 saturated carbocycles. The lowest BCUT2D eigenvalue weighted by molar-refractivity contribution is -0.115. The highest BCUT2D eigenvalue weighted by Crippen LogP contribution is 2.24. The van der Waals surface area contributed by atoms with E-state index in [2.05, 4.69) is 15.4 Å². The van der Waals surface area contributed by atoms with E-state index in [4.69, 9.17) is 4.74 Å². The van der Waals surface area contributed by atoms with Gasteiger partial charge in [0.2, 0.25) is 5.91 Å². The van der Waals surface area contributed by atoms with Crippen LogP contribution in [0.4, 0.5) is 11.4 Å². The number of carbonyl (C=O) groups excluding carboxylic acids is 1. The summed E-state index contributed by atoms with van der Waals surface area (Å²) in [7, 11) is -2.14. The minimum absolute atomic E-state index is 0.105. The number of anilines is 2. The van der Waals surface area contributed by atoms with Gasteiger partial charge in [-0.05, 0) is 62.9 Å². The molecule has 7 nitrogen and oxygen atoms in total. The molecule has 0 spiro atoms. The third-order valence-corrected chi connectivity index (χ3v) is 5.04. The van der Waals surface area contributed by atoms with Gasteiger partial charge in [-0.3, -0.25) is 9.52 Å². The first-order valence-corrected chi connectivity index (χ1v) is 9.65. The highest BCUT2D eigenvalue weighted by atomic mass is 32.2. The largest absolute Gasteiger partial charge is 0.494 e. The summed E-state index contributed by atoms with van der Waals surface area (Å²) in [5.41, 5.74) is 1.43. The lowest BCUT2D eigenvalue weighted by Crippen LogP contribution is -2.25. The Balaban J connectivity index is 2.23. The smallest absolute Gasteiger partial charge is 0.262 e. The number of amides is 1. The molecule has 2 rings (SSSR count). The number of sulfonamides is 1. The summed E-state index contributed by atoms with van der Waals surface area (Å²) >= 11 is 0. The highest BCUT2D eigenvalue weighted by molar-refractivity contribution is 7.92. The van der Waals surface area contributed by atoms with Gasteiger partial charge in [-0.2, -0.15) is 0 Å². The Labute approximate surface area is 153 Å². The quantitative estimate of drug-likeness (QED) is 0.656. The van der Waals surface area contributed by atoms with Crippen molar-refractivity contribution in [2.75, 3.05) is 30.2 Å². The second kappa shape index (κ2) is 8.68. The summed E-state index contributed by atoms with van der Waals surface area (Å²) in [6.07, 6.45) is 0. The normalized spacial score (nSPS) is 11.0. The van der Waals surface area contributed by atoms with E-state index in [1.807, 2.05) is 6.92 Å². The molecule has 0 aliphatic rings. The van der Waals surface area contributed by atoms with Crippen LogP contribution >= 0.6 is 0 Å². The number of hydrogen-bond donors (Lipinski definition) is 3. The molecule has 3 N–H and O–H groups in total. The highest BCUT2D eigenvalue weighted by Gasteiger charge is 2.18. The molecule has 2 aromatic carbocycles. The number of rotatable bonds is 8. The Kier molecular flexibility index (Phi) is 6.59. The van der Waals surface area contributed by atoms with E-state index in [-0.39, 0.29) is 17.3 Å². The van der Waals surface area contributed by atoms with Gasteiger partial charge >= 0.3 is 0 Å². The number of likely N-dealkylation sites (N-methyl/N-ethyl adjacent to an activating group) is 1. The van der Waals surface area contributed by atoms with Gasteiger partial charge in [-0.15, -0.1) is 0 Å². The monoisotopic (exact) mass is 377 g/mol. The number of nitrogens with one attached hydrogen (secondary N) is 3. The molecule has 1 amide bonds. The second-order valence-electron chi connectivity index (χ2n) is 5.62. The van der Waals surface area contributed by atoms with Gasteiger partial charge < -0.3 is 15.4 Å². The molecule has 0 heterocycles. The fourth-order valence-corrected chi connectivity index (χ4v) is 3.66. The number of aryl methyl sites for hydroxylation is 1. The third-order valence-electron chi connectivity index (χ3n) is 3.52. The number of hydrogen-bond acceptors (Lipinski definition) is 5. The summed E-state index contributed by atoms with van der Waals surface area (Å²) < 4.78 is 33.3. The lowest BCUT2D eigenvalue weighted by Gasteiger charge is -2.13. The van der Waals surface area contributed by atoms with Crippen LogP contribution in [0, 0.1) is 6.92 Å². The summed E-state index contributed by atoms with van der Waals surface area (Å²) in [5.74, 6) is 0.417. The van der Waals surface area contributed by atoms with E-state index in [1.165, 1.54) is 6.07 Å². The van der Waals surface area contributed by atoms with Crippen molar-refractivity contribution in [2.45, 2.75) is 18.7 Å². The molecule has 0 aliphatic carbocycles. The second-order valence-corrected chi connectivity index (χ2v) is 7.27. The number of carbonyl (C=O) groups is 1. The SMILES string of the molecule is CCOc1ccc(NS(=O)(=O)c2cc(NC(=O)CNC)ccc2C)cc1. The Bertz CT molecular complexity index is 865. The topological polar surface area (TPSA) is 96.5 Å². The zero-order chi connectivity index (χ0) is 19.2. The molecule has 2 aromatic rings. The Morgan fingerprint density at radius 2 is 1.73 bits per heavy atom. The van der Waals surface area contributed by atoms with Crippen LogP contribution in [0.2, 0.25) is 0 Å². The standard InChI is InChI=1S/C18H23N3O4S/c1-4-25-16-9-7-14(8-10-16)21-26(23,24)17-11-15(6-5-13(17)2)20-18(22)12-19-3/h5-11,19,21H,4,12H2,1-3H3,(H,20,22). The molecule has 0 aliphatic heterocycles. The molecule has 0 saturated heterocycles. The number of ether oxygens (including phenoxy) is 1. The van der Waals surface area contributed by atoms with Crippen LogP contribution in [-0.2, 0) is 14.8 Å². The molecule has 0 bridgehead atoms. The van der Waals surface area contributed by atoms with Crippen molar-refractivity contribution in [3.8, 4) is 5.75 Å². The number of benzene rings is 2. The van der Waals surface area contributed by atoms with Crippen LogP contribution in [-0.4, -0.2) is 34.5 Å². The molecule has 0 atom stereocenters. The molecule has 0 fully saturated rings. The molecule has 26 heavy (non-hydrogen) atoms. The summed E-state index contributed by atoms with van der Waals surface area (Å²) in [6.45, 7) is 4.25. The van der Waals surface area contributed by atoms with E-state index in [9.17, 15) is 13.2 Å². The zero-order valence-corrected chi connectivity index (χ0v) is 15.8. The van der Waals surface area contributed by atoms with Gasteiger partial charge in [0.05, 0.1) is 18.0 Å². The molecular weight excluding hydrogens is 354 g/mol. The predicted molar refractivity (Wildman–Crippen MR) is 102 cm³/mol. The summed E-state index contributed by atoms with van der Waals surface area (Å²) in [5, 5.41) is 5.39. The van der Waals surface area contributed by atoms with Crippen molar-refractivity contribution in [1.82, 2.24) is 5.32 Å². The maximum absolute atomic E-state index is 12.7. The van der Waals surface area contributed by atoms with E-state index >= 15 is 0 Å². The van der Waals surface area contributed by atoms with Crippen molar-refractivity contribution in [3.63, 3.8) is 0 Å². The van der Waals surface area contributed by atoms with Crippen LogP contribution in [0.25, 0.3) is 0 Å². The van der Waals surface area contributed by atoms with Crippen LogP contribution in [0.5, 0.6) is 5.75 Å². The van der Waals surface area contributed by atoms with Crippen molar-refractivity contribution >= 4 is 27.3 Å². The van der Waals surface area contributed by atoms with E-state index < -0.39 is 10.0 Å². The van der Waals surface area contributed by atoms with Gasteiger partial charge in [0, 0.05) is 11.4 Å². The molecule has 0 aromatic heterocycles. The van der Waals surface area contributed by atoms with Gasteiger partial charge in [0.15, 0.2) is 0 Å². The minimum Gasteiger partial charge on any atom is -0.494 e. The van der Waals surface area contributed by atoms with Crippen LogP contribution in [0.1, 0.15) is 12.5 Å². The summed E-state index contributed by atoms with van der Waals surface area (Å²) in [6, 6.07) is 11.4. The first kappa shape index (κ1) is 19.7. The molecule has 8 heteroatoms. The molecular formula is C18H23N3O4S. The van der Waals surface area contributed by atoms with Crippen LogP contribution in [0.15, 0.2) is 47.4 Å². The average Bonchev–Trinajstić information content (AvgIpc) is 2.58. The van der Waals surface area contributed by atoms with Crippen molar-refractivity contribution < 1.29 is 17.9 Å². The van der Waals surface area contributed by atoms with Crippen LogP contribution in [0.3, 0.4) is 0 Å². The van der Waals surface area contributed by atoms with Crippen LogP contribution < -0.4 is 20.1 Å². The Morgan fingerprint density at radius 1 is 1.08 bits per heavy atom. The van der Waals surface area contributed by atoms with Crippen molar-refractivity contribution in [1.29, 1.82) is 0 Å². The van der Waals surface area contributed by atoms with Gasteiger partial charge in [0.1, 0.15) is 5.75 Å². The zero-order valence-electron chi connectivity index (χ0n) is 15.0. The van der Waals surface area contributed by atoms with Crippen molar-refractivity contribution in [2.24, 2.45) is 0 Å². The fourth-order valence-electron chi connectivity index (χ4n) is 2.33. The minimum atomic E-state index is -3.80. The molecule has 140 valence electrons. The summed E-state index contributed by atoms with van der Waals surface area (Å²) in [4.78, 5) is 11.8. The third kappa shape index (κ3) is 5.21. The van der Waals surface area contributed by atoms with Gasteiger partial charge in [-0.1, -0.05) is 6.07 Å². The molecule has 0 unspecified atom stereocenters.